The van der Waals surface area contributed by atoms with Crippen molar-refractivity contribution in [3.63, 3.8) is 0 Å². The molecule has 0 bridgehead atoms. The van der Waals surface area contributed by atoms with E-state index in [9.17, 15) is 9.18 Å². The van der Waals surface area contributed by atoms with Crippen LogP contribution in [-0.4, -0.2) is 19.6 Å². The summed E-state index contributed by atoms with van der Waals surface area (Å²) in [5.74, 6) is 0.361. The third-order valence-corrected chi connectivity index (χ3v) is 4.02. The molecule has 6 heteroatoms. The van der Waals surface area contributed by atoms with E-state index in [0.717, 1.165) is 9.13 Å². The van der Waals surface area contributed by atoms with E-state index in [2.05, 4.69) is 27.9 Å². The molecule has 0 saturated heterocycles. The molecule has 0 atom stereocenters. The zero-order valence-corrected chi connectivity index (χ0v) is 15.2. The van der Waals surface area contributed by atoms with Gasteiger partial charge in [-0.3, -0.25) is 4.79 Å². The van der Waals surface area contributed by atoms with Crippen molar-refractivity contribution in [3.05, 3.63) is 50.8 Å². The van der Waals surface area contributed by atoms with E-state index < -0.39 is 5.82 Å². The van der Waals surface area contributed by atoms with Gasteiger partial charge in [0.25, 0.3) is 5.91 Å². The molecular weight excluding hydrogens is 412 g/mol. The van der Waals surface area contributed by atoms with Gasteiger partial charge >= 0.3 is 0 Å². The van der Waals surface area contributed by atoms with Crippen LogP contribution in [0.4, 0.5) is 10.1 Å². The highest BCUT2D eigenvalue weighted by molar-refractivity contribution is 14.1. The van der Waals surface area contributed by atoms with Crippen molar-refractivity contribution in [2.24, 2.45) is 0 Å². The Morgan fingerprint density at radius 1 is 1.30 bits per heavy atom. The predicted molar refractivity (Wildman–Crippen MR) is 96.0 cm³/mol. The Balaban J connectivity index is 2.34. The largest absolute Gasteiger partial charge is 0.492 e. The highest BCUT2D eigenvalue weighted by atomic mass is 127. The molecule has 1 N–H and O–H groups in total. The minimum Gasteiger partial charge on any atom is -0.492 e. The average molecular weight is 429 g/mol. The maximum Gasteiger partial charge on any atom is 0.255 e. The third-order valence-electron chi connectivity index (χ3n) is 3.22. The zero-order chi connectivity index (χ0) is 17.0. The smallest absolute Gasteiger partial charge is 0.255 e. The number of aryl methyl sites for hydroxylation is 1. The second kappa shape index (κ2) is 7.63. The Bertz CT molecular complexity index is 734. The number of halogens is 2. The van der Waals surface area contributed by atoms with Gasteiger partial charge in [0.2, 0.25) is 0 Å². The Labute approximate surface area is 148 Å². The Hall–Kier alpha value is -1.83. The van der Waals surface area contributed by atoms with E-state index in [4.69, 9.17) is 9.47 Å². The molecule has 4 nitrogen and oxygen atoms in total. The maximum atomic E-state index is 13.3. The van der Waals surface area contributed by atoms with Crippen molar-refractivity contribution in [2.45, 2.75) is 13.8 Å². The molecule has 2 aromatic carbocycles. The topological polar surface area (TPSA) is 47.6 Å². The molecule has 2 rings (SSSR count). The first-order valence-corrected chi connectivity index (χ1v) is 8.12. The van der Waals surface area contributed by atoms with Crippen LogP contribution in [0, 0.1) is 16.3 Å². The number of rotatable bonds is 5. The summed E-state index contributed by atoms with van der Waals surface area (Å²) in [6.07, 6.45) is 0. The monoisotopic (exact) mass is 429 g/mol. The van der Waals surface area contributed by atoms with Gasteiger partial charge in [-0.2, -0.15) is 0 Å². The minimum atomic E-state index is -0.398. The third kappa shape index (κ3) is 4.13. The van der Waals surface area contributed by atoms with Gasteiger partial charge in [0.15, 0.2) is 11.5 Å². The number of nitrogens with one attached hydrogen (secondary N) is 1. The second-order valence-corrected chi connectivity index (χ2v) is 6.00. The average Bonchev–Trinajstić information content (AvgIpc) is 2.51. The molecule has 0 unspecified atom stereocenters. The summed E-state index contributed by atoms with van der Waals surface area (Å²) in [7, 11) is 1.55. The number of ether oxygens (including phenoxy) is 2. The molecule has 0 radical (unpaired) electrons. The zero-order valence-electron chi connectivity index (χ0n) is 13.1. The van der Waals surface area contributed by atoms with Crippen LogP contribution in [0.1, 0.15) is 22.8 Å². The summed E-state index contributed by atoms with van der Waals surface area (Å²) in [5.41, 5.74) is 1.65. The summed E-state index contributed by atoms with van der Waals surface area (Å²) in [6.45, 7) is 4.12. The number of methoxy groups -OCH3 is 1. The summed E-state index contributed by atoms with van der Waals surface area (Å²) < 4.78 is 24.9. The molecule has 0 aliphatic carbocycles. The molecule has 122 valence electrons. The van der Waals surface area contributed by atoms with Gasteiger partial charge in [-0.25, -0.2) is 4.39 Å². The highest BCUT2D eigenvalue weighted by Gasteiger charge is 2.16. The molecule has 0 spiro atoms. The van der Waals surface area contributed by atoms with Crippen LogP contribution in [0.15, 0.2) is 30.3 Å². The predicted octanol–water partition coefficient (Wildman–Crippen LogP) is 4.40. The number of hydrogen-bond donors (Lipinski definition) is 1. The molecule has 0 heterocycles. The Morgan fingerprint density at radius 2 is 2.04 bits per heavy atom. The molecule has 0 aromatic heterocycles. The van der Waals surface area contributed by atoms with Crippen molar-refractivity contribution < 1.29 is 18.7 Å². The van der Waals surface area contributed by atoms with Gasteiger partial charge in [-0.15, -0.1) is 0 Å². The number of carbonyl (C=O) groups excluding carboxylic acids is 1. The molecule has 0 aliphatic rings. The van der Waals surface area contributed by atoms with E-state index in [1.807, 2.05) is 6.92 Å². The summed E-state index contributed by atoms with van der Waals surface area (Å²) in [5, 5.41) is 2.72. The number of benzene rings is 2. The fourth-order valence-electron chi connectivity index (χ4n) is 2.08. The van der Waals surface area contributed by atoms with Gasteiger partial charge in [-0.1, -0.05) is 6.07 Å². The van der Waals surface area contributed by atoms with Gasteiger partial charge in [0.1, 0.15) is 5.82 Å². The molecular formula is C17H17FINO3. The van der Waals surface area contributed by atoms with E-state index in [-0.39, 0.29) is 5.91 Å². The molecule has 23 heavy (non-hydrogen) atoms. The Kier molecular flexibility index (Phi) is 5.81. The van der Waals surface area contributed by atoms with Crippen LogP contribution in [0.5, 0.6) is 11.5 Å². The van der Waals surface area contributed by atoms with Crippen LogP contribution in [-0.2, 0) is 0 Å². The fourth-order valence-corrected chi connectivity index (χ4v) is 2.90. The summed E-state index contributed by atoms with van der Waals surface area (Å²) >= 11 is 2.08. The van der Waals surface area contributed by atoms with Crippen LogP contribution >= 0.6 is 22.6 Å². The highest BCUT2D eigenvalue weighted by Crippen LogP contribution is 2.34. The first-order valence-electron chi connectivity index (χ1n) is 7.04. The second-order valence-electron chi connectivity index (χ2n) is 4.84. The number of anilines is 1. The standard InChI is InChI=1S/C17H17FINO3/c1-4-23-15-8-11(7-13(19)16(15)22-3)17(21)20-14-9-12(18)6-5-10(14)2/h5-9H,4H2,1-3H3,(H,20,21). The fraction of sp³-hybridized carbons (Fsp3) is 0.235. The van der Waals surface area contributed by atoms with Crippen molar-refractivity contribution in [1.29, 1.82) is 0 Å². The van der Waals surface area contributed by atoms with E-state index >= 15 is 0 Å². The first kappa shape index (κ1) is 17.5. The molecule has 0 saturated carbocycles. The van der Waals surface area contributed by atoms with Crippen LogP contribution < -0.4 is 14.8 Å². The van der Waals surface area contributed by atoms with Crippen molar-refractivity contribution in [1.82, 2.24) is 0 Å². The van der Waals surface area contributed by atoms with Gasteiger partial charge in [0, 0.05) is 11.3 Å². The lowest BCUT2D eigenvalue weighted by molar-refractivity contribution is 0.102. The SMILES string of the molecule is CCOc1cc(C(=O)Nc2cc(F)ccc2C)cc(I)c1OC. The van der Waals surface area contributed by atoms with Gasteiger partial charge in [0.05, 0.1) is 17.3 Å². The van der Waals surface area contributed by atoms with Crippen LogP contribution in [0.2, 0.25) is 0 Å². The molecule has 0 aliphatic heterocycles. The molecule has 1 amide bonds. The molecule has 0 fully saturated rings. The van der Waals surface area contributed by atoms with Crippen LogP contribution in [0.3, 0.4) is 0 Å². The lowest BCUT2D eigenvalue weighted by atomic mass is 10.1. The van der Waals surface area contributed by atoms with Gasteiger partial charge < -0.3 is 14.8 Å². The van der Waals surface area contributed by atoms with Crippen LogP contribution in [0.25, 0.3) is 0 Å². The van der Waals surface area contributed by atoms with Crippen molar-refractivity contribution >= 4 is 34.2 Å². The number of amides is 1. The quantitative estimate of drug-likeness (QED) is 0.718. The van der Waals surface area contributed by atoms with Crippen molar-refractivity contribution in [2.75, 3.05) is 19.0 Å². The van der Waals surface area contributed by atoms with E-state index in [1.165, 1.54) is 12.1 Å². The number of carbonyl (C=O) groups is 1. The minimum absolute atomic E-state index is 0.333. The lowest BCUT2D eigenvalue weighted by Crippen LogP contribution is -2.14. The molecule has 2 aromatic rings. The van der Waals surface area contributed by atoms with E-state index in [1.54, 1.807) is 32.2 Å². The lowest BCUT2D eigenvalue weighted by Gasteiger charge is -2.14. The summed E-state index contributed by atoms with van der Waals surface area (Å²) in [6, 6.07) is 7.59. The Morgan fingerprint density at radius 3 is 2.70 bits per heavy atom. The van der Waals surface area contributed by atoms with Gasteiger partial charge in [-0.05, 0) is 66.3 Å². The van der Waals surface area contributed by atoms with E-state index in [0.29, 0.717) is 29.4 Å². The first-order chi connectivity index (χ1) is 11.0. The normalized spacial score (nSPS) is 10.3. The number of hydrogen-bond acceptors (Lipinski definition) is 3. The summed E-state index contributed by atoms with van der Waals surface area (Å²) in [4.78, 5) is 12.5. The van der Waals surface area contributed by atoms with Crippen molar-refractivity contribution in [3.8, 4) is 11.5 Å². The maximum absolute atomic E-state index is 13.3.